The second kappa shape index (κ2) is 4.58. The fourth-order valence-electron chi connectivity index (χ4n) is 3.23. The third kappa shape index (κ3) is 2.46. The first-order valence-corrected chi connectivity index (χ1v) is 8.75. The number of aromatic amines is 1. The molecule has 2 atom stereocenters. The van der Waals surface area contributed by atoms with Crippen molar-refractivity contribution in [1.29, 1.82) is 0 Å². The summed E-state index contributed by atoms with van der Waals surface area (Å²) in [5, 5.41) is 9.89. The minimum absolute atomic E-state index is 0.0384. The molecular weight excluding hydrogens is 278 g/mol. The quantitative estimate of drug-likeness (QED) is 0.832. The van der Waals surface area contributed by atoms with E-state index in [-0.39, 0.29) is 23.3 Å². The number of amides is 1. The largest absolute Gasteiger partial charge is 0.349 e. The topological polar surface area (TPSA) is 91.9 Å². The summed E-state index contributed by atoms with van der Waals surface area (Å²) < 4.78 is 23.2. The Bertz CT molecular complexity index is 637. The smallest absolute Gasteiger partial charge is 0.228 e. The number of carbonyl (C=O) groups excluding carboxylic acids is 1. The Morgan fingerprint density at radius 3 is 3.05 bits per heavy atom. The van der Waals surface area contributed by atoms with E-state index in [1.165, 1.54) is 0 Å². The van der Waals surface area contributed by atoms with Crippen molar-refractivity contribution < 1.29 is 13.2 Å². The Labute approximate surface area is 118 Å². The zero-order chi connectivity index (χ0) is 14.4. The van der Waals surface area contributed by atoms with Gasteiger partial charge in [0.25, 0.3) is 0 Å². The van der Waals surface area contributed by atoms with Gasteiger partial charge in [0.15, 0.2) is 9.84 Å². The zero-order valence-corrected chi connectivity index (χ0v) is 12.3. The molecule has 3 rings (SSSR count). The number of hydrogen-bond donors (Lipinski definition) is 2. The van der Waals surface area contributed by atoms with E-state index in [9.17, 15) is 13.2 Å². The molecular formula is C13H19N3O3S. The van der Waals surface area contributed by atoms with Gasteiger partial charge in [-0.05, 0) is 32.6 Å². The molecule has 1 aromatic heterocycles. The number of aromatic nitrogens is 2. The third-order valence-corrected chi connectivity index (χ3v) is 6.19. The van der Waals surface area contributed by atoms with Crippen LogP contribution in [0.5, 0.6) is 0 Å². The summed E-state index contributed by atoms with van der Waals surface area (Å²) in [5.41, 5.74) is 1.36. The van der Waals surface area contributed by atoms with Gasteiger partial charge < -0.3 is 5.32 Å². The van der Waals surface area contributed by atoms with Crippen molar-refractivity contribution in [2.75, 3.05) is 11.5 Å². The molecule has 6 nitrogen and oxygen atoms in total. The van der Waals surface area contributed by atoms with E-state index in [0.717, 1.165) is 30.5 Å². The molecule has 1 aliphatic carbocycles. The molecule has 0 aromatic carbocycles. The van der Waals surface area contributed by atoms with Crippen molar-refractivity contribution in [3.63, 3.8) is 0 Å². The average Bonchev–Trinajstić information content (AvgIpc) is 2.93. The van der Waals surface area contributed by atoms with Crippen LogP contribution >= 0.6 is 0 Å². The Morgan fingerprint density at radius 1 is 1.55 bits per heavy atom. The molecule has 0 spiro atoms. The first-order valence-electron chi connectivity index (χ1n) is 6.93. The molecule has 1 aromatic rings. The highest BCUT2D eigenvalue weighted by Gasteiger charge is 2.41. The Balaban J connectivity index is 1.76. The highest BCUT2D eigenvalue weighted by Crippen LogP contribution is 2.32. The molecule has 110 valence electrons. The summed E-state index contributed by atoms with van der Waals surface area (Å²) in [5.74, 6) is -0.0909. The van der Waals surface area contributed by atoms with Crippen molar-refractivity contribution in [1.82, 2.24) is 15.5 Å². The Kier molecular flexibility index (Phi) is 3.12. The summed E-state index contributed by atoms with van der Waals surface area (Å²) in [6, 6.07) is 0. The predicted octanol–water partition coefficient (Wildman–Crippen LogP) is 0.523. The van der Waals surface area contributed by atoms with Gasteiger partial charge in [0.1, 0.15) is 0 Å². The maximum absolute atomic E-state index is 12.5. The van der Waals surface area contributed by atoms with Gasteiger partial charge in [-0.25, -0.2) is 8.42 Å². The first-order chi connectivity index (χ1) is 9.39. The monoisotopic (exact) mass is 297 g/mol. The van der Waals surface area contributed by atoms with Gasteiger partial charge >= 0.3 is 0 Å². The average molecular weight is 297 g/mol. The van der Waals surface area contributed by atoms with Crippen LogP contribution in [0, 0.1) is 0 Å². The lowest BCUT2D eigenvalue weighted by atomic mass is 9.85. The molecule has 7 heteroatoms. The molecule has 2 unspecified atom stereocenters. The summed E-state index contributed by atoms with van der Waals surface area (Å²) in [4.78, 5) is 12.5. The lowest BCUT2D eigenvalue weighted by Gasteiger charge is -2.28. The van der Waals surface area contributed by atoms with Crippen molar-refractivity contribution in [3.05, 3.63) is 17.5 Å². The number of aryl methyl sites for hydroxylation is 1. The molecule has 2 aliphatic rings. The maximum atomic E-state index is 12.5. The summed E-state index contributed by atoms with van der Waals surface area (Å²) in [6.07, 6.45) is 4.87. The second-order valence-electron chi connectivity index (χ2n) is 6.14. The van der Waals surface area contributed by atoms with Gasteiger partial charge in [-0.3, -0.25) is 9.89 Å². The van der Waals surface area contributed by atoms with Gasteiger partial charge in [0.2, 0.25) is 5.91 Å². The van der Waals surface area contributed by atoms with Crippen molar-refractivity contribution in [2.24, 2.45) is 0 Å². The number of nitrogens with one attached hydrogen (secondary N) is 2. The summed E-state index contributed by atoms with van der Waals surface area (Å²) in [7, 11) is -3.01. The molecule has 2 heterocycles. The Hall–Kier alpha value is -1.37. The fourth-order valence-corrected chi connectivity index (χ4v) is 5.32. The number of nitrogens with zero attached hydrogens (tertiary/aromatic N) is 1. The molecule has 2 N–H and O–H groups in total. The molecule has 1 saturated heterocycles. The third-order valence-electron chi connectivity index (χ3n) is 4.29. The van der Waals surface area contributed by atoms with Crippen LogP contribution in [0.1, 0.15) is 43.4 Å². The van der Waals surface area contributed by atoms with E-state index in [2.05, 4.69) is 15.5 Å². The maximum Gasteiger partial charge on any atom is 0.228 e. The number of fused-ring (bicyclic) bond motifs is 1. The summed E-state index contributed by atoms with van der Waals surface area (Å²) >= 11 is 0. The van der Waals surface area contributed by atoms with Crippen molar-refractivity contribution in [2.45, 2.75) is 44.1 Å². The lowest BCUT2D eigenvalue weighted by Crippen LogP contribution is -2.49. The van der Waals surface area contributed by atoms with Crippen molar-refractivity contribution in [3.8, 4) is 0 Å². The SMILES string of the molecule is CC1(NC(=O)C2CCCc3[nH]ncc32)CCS(=O)(=O)C1. The fraction of sp³-hybridized carbons (Fsp3) is 0.692. The van der Waals surface area contributed by atoms with Crippen LogP contribution in [0.4, 0.5) is 0 Å². The molecule has 0 bridgehead atoms. The Morgan fingerprint density at radius 2 is 2.35 bits per heavy atom. The molecule has 0 saturated carbocycles. The van der Waals surface area contributed by atoms with Crippen molar-refractivity contribution >= 4 is 15.7 Å². The zero-order valence-electron chi connectivity index (χ0n) is 11.5. The minimum Gasteiger partial charge on any atom is -0.349 e. The number of hydrogen-bond acceptors (Lipinski definition) is 4. The van der Waals surface area contributed by atoms with Crippen LogP contribution in [0.2, 0.25) is 0 Å². The van der Waals surface area contributed by atoms with Gasteiger partial charge in [-0.1, -0.05) is 0 Å². The molecule has 1 amide bonds. The highest BCUT2D eigenvalue weighted by atomic mass is 32.2. The van der Waals surface area contributed by atoms with Crippen LogP contribution in [-0.4, -0.2) is 41.6 Å². The predicted molar refractivity (Wildman–Crippen MR) is 74.1 cm³/mol. The van der Waals surface area contributed by atoms with E-state index >= 15 is 0 Å². The first kappa shape index (κ1) is 13.6. The van der Waals surface area contributed by atoms with Gasteiger partial charge in [0.05, 0.1) is 29.2 Å². The lowest BCUT2D eigenvalue weighted by molar-refractivity contribution is -0.124. The molecule has 20 heavy (non-hydrogen) atoms. The van der Waals surface area contributed by atoms with Crippen LogP contribution in [0.15, 0.2) is 6.20 Å². The minimum atomic E-state index is -3.01. The van der Waals surface area contributed by atoms with E-state index < -0.39 is 15.4 Å². The van der Waals surface area contributed by atoms with E-state index in [1.807, 2.05) is 6.92 Å². The number of H-pyrrole nitrogens is 1. The highest BCUT2D eigenvalue weighted by molar-refractivity contribution is 7.91. The van der Waals surface area contributed by atoms with Crippen LogP contribution < -0.4 is 5.32 Å². The van der Waals surface area contributed by atoms with Crippen LogP contribution in [-0.2, 0) is 21.1 Å². The molecule has 0 radical (unpaired) electrons. The van der Waals surface area contributed by atoms with E-state index in [1.54, 1.807) is 6.20 Å². The van der Waals surface area contributed by atoms with Crippen LogP contribution in [0.25, 0.3) is 0 Å². The number of carbonyl (C=O) groups is 1. The molecule has 1 aliphatic heterocycles. The standard InChI is InChI=1S/C13H19N3O3S/c1-13(5-6-20(18,19)8-13)15-12(17)9-3-2-4-11-10(9)7-14-16-11/h7,9H,2-6,8H2,1H3,(H,14,16)(H,15,17). The number of rotatable bonds is 2. The van der Waals surface area contributed by atoms with Gasteiger partial charge in [-0.2, -0.15) is 5.10 Å². The van der Waals surface area contributed by atoms with E-state index in [4.69, 9.17) is 0 Å². The van der Waals surface area contributed by atoms with Gasteiger partial charge in [0, 0.05) is 11.3 Å². The van der Waals surface area contributed by atoms with Gasteiger partial charge in [-0.15, -0.1) is 0 Å². The second-order valence-corrected chi connectivity index (χ2v) is 8.32. The number of sulfone groups is 1. The van der Waals surface area contributed by atoms with Crippen LogP contribution in [0.3, 0.4) is 0 Å². The molecule has 1 fully saturated rings. The summed E-state index contributed by atoms with van der Waals surface area (Å²) in [6.45, 7) is 1.81. The van der Waals surface area contributed by atoms with E-state index in [0.29, 0.717) is 6.42 Å². The normalized spacial score (nSPS) is 31.8.